The van der Waals surface area contributed by atoms with Crippen LogP contribution in [0.3, 0.4) is 0 Å². The van der Waals surface area contributed by atoms with Crippen molar-refractivity contribution in [2.24, 2.45) is 0 Å². The zero-order valence-corrected chi connectivity index (χ0v) is 11.9. The molecule has 2 aromatic rings. The Morgan fingerprint density at radius 2 is 1.84 bits per heavy atom. The molecule has 0 unspecified atom stereocenters. The van der Waals surface area contributed by atoms with Gasteiger partial charge in [0.25, 0.3) is 0 Å². The summed E-state index contributed by atoms with van der Waals surface area (Å²) in [6.07, 6.45) is 9.55. The fourth-order valence-electron chi connectivity index (χ4n) is 1.75. The Morgan fingerprint density at radius 1 is 1.11 bits per heavy atom. The van der Waals surface area contributed by atoms with Gasteiger partial charge in [-0.2, -0.15) is 0 Å². The third kappa shape index (κ3) is 3.75. The molecule has 0 aliphatic heterocycles. The molecule has 0 bridgehead atoms. The van der Waals surface area contributed by atoms with Gasteiger partial charge in [-0.25, -0.2) is 0 Å². The highest BCUT2D eigenvalue weighted by Crippen LogP contribution is 2.24. The maximum Gasteiger partial charge on any atom is 0.146 e. The molecule has 1 aliphatic rings. The van der Waals surface area contributed by atoms with Crippen LogP contribution in [0.5, 0.6) is 11.5 Å². The number of hydrogen-bond acceptors (Lipinski definition) is 4. The van der Waals surface area contributed by atoms with Crippen molar-refractivity contribution < 1.29 is 4.74 Å². The van der Waals surface area contributed by atoms with Crippen molar-refractivity contribution in [3.8, 4) is 11.5 Å². The van der Waals surface area contributed by atoms with Crippen molar-refractivity contribution in [3.63, 3.8) is 0 Å². The second kappa shape index (κ2) is 5.67. The predicted octanol–water partition coefficient (Wildman–Crippen LogP) is 3.28. The van der Waals surface area contributed by atoms with E-state index < -0.39 is 0 Å². The molecule has 1 N–H and O–H groups in total. The largest absolute Gasteiger partial charge is 0.454 e. The van der Waals surface area contributed by atoms with Crippen molar-refractivity contribution in [1.82, 2.24) is 15.3 Å². The zero-order valence-electron chi connectivity index (χ0n) is 10.3. The number of nitrogens with zero attached hydrogens (tertiary/aromatic N) is 2. The quantitative estimate of drug-likeness (QED) is 0.918. The SMILES string of the molecule is Brc1cncc(Oc2cncc(CNC3CC3)c2)c1. The Balaban J connectivity index is 1.67. The van der Waals surface area contributed by atoms with E-state index in [1.54, 1.807) is 18.6 Å². The molecule has 98 valence electrons. The summed E-state index contributed by atoms with van der Waals surface area (Å²) in [4.78, 5) is 8.27. The molecule has 1 aliphatic carbocycles. The molecular formula is C14H14BrN3O. The number of aromatic nitrogens is 2. The molecule has 0 atom stereocenters. The number of halogens is 1. The number of rotatable bonds is 5. The van der Waals surface area contributed by atoms with Crippen LogP contribution in [0.15, 0.2) is 41.4 Å². The third-order valence-electron chi connectivity index (χ3n) is 2.86. The summed E-state index contributed by atoms with van der Waals surface area (Å²) in [6, 6.07) is 4.57. The number of ether oxygens (including phenoxy) is 1. The molecule has 0 radical (unpaired) electrons. The minimum absolute atomic E-state index is 0.693. The summed E-state index contributed by atoms with van der Waals surface area (Å²) in [5.41, 5.74) is 1.13. The zero-order chi connectivity index (χ0) is 13.1. The van der Waals surface area contributed by atoms with E-state index in [0.717, 1.165) is 22.3 Å². The van der Waals surface area contributed by atoms with Gasteiger partial charge in [0.2, 0.25) is 0 Å². The Hall–Kier alpha value is -1.46. The first-order valence-electron chi connectivity index (χ1n) is 6.25. The lowest BCUT2D eigenvalue weighted by molar-refractivity contribution is 0.476. The molecule has 1 saturated carbocycles. The molecule has 19 heavy (non-hydrogen) atoms. The van der Waals surface area contributed by atoms with Gasteiger partial charge in [0.05, 0.1) is 12.4 Å². The summed E-state index contributed by atoms with van der Waals surface area (Å²) in [5.74, 6) is 1.43. The summed E-state index contributed by atoms with van der Waals surface area (Å²) in [6.45, 7) is 0.839. The average Bonchev–Trinajstić information content (AvgIpc) is 3.21. The maximum absolute atomic E-state index is 5.74. The van der Waals surface area contributed by atoms with Gasteiger partial charge in [0, 0.05) is 29.5 Å². The lowest BCUT2D eigenvalue weighted by Crippen LogP contribution is -2.15. The average molecular weight is 320 g/mol. The molecule has 2 aromatic heterocycles. The topological polar surface area (TPSA) is 47.0 Å². The van der Waals surface area contributed by atoms with Crippen LogP contribution in [0.4, 0.5) is 0 Å². The van der Waals surface area contributed by atoms with Gasteiger partial charge in [0.15, 0.2) is 0 Å². The molecule has 0 saturated heterocycles. The molecule has 0 spiro atoms. The smallest absolute Gasteiger partial charge is 0.146 e. The van der Waals surface area contributed by atoms with Crippen LogP contribution in [-0.2, 0) is 6.54 Å². The van der Waals surface area contributed by atoms with Crippen LogP contribution in [-0.4, -0.2) is 16.0 Å². The van der Waals surface area contributed by atoms with Gasteiger partial charge >= 0.3 is 0 Å². The fourth-order valence-corrected chi connectivity index (χ4v) is 2.09. The van der Waals surface area contributed by atoms with Gasteiger partial charge in [-0.05, 0) is 46.5 Å². The third-order valence-corrected chi connectivity index (χ3v) is 3.29. The van der Waals surface area contributed by atoms with Crippen molar-refractivity contribution in [3.05, 3.63) is 47.0 Å². The molecule has 2 heterocycles. The van der Waals surface area contributed by atoms with Crippen LogP contribution in [0.2, 0.25) is 0 Å². The Morgan fingerprint density at radius 3 is 2.58 bits per heavy atom. The second-order valence-corrected chi connectivity index (χ2v) is 5.54. The fraction of sp³-hybridized carbons (Fsp3) is 0.286. The second-order valence-electron chi connectivity index (χ2n) is 4.62. The van der Waals surface area contributed by atoms with E-state index in [1.807, 2.05) is 18.3 Å². The highest BCUT2D eigenvalue weighted by molar-refractivity contribution is 9.10. The van der Waals surface area contributed by atoms with E-state index in [1.165, 1.54) is 12.8 Å². The molecule has 0 aromatic carbocycles. The van der Waals surface area contributed by atoms with E-state index in [4.69, 9.17) is 4.74 Å². The van der Waals surface area contributed by atoms with E-state index in [0.29, 0.717) is 11.8 Å². The van der Waals surface area contributed by atoms with Crippen molar-refractivity contribution in [2.45, 2.75) is 25.4 Å². The monoisotopic (exact) mass is 319 g/mol. The van der Waals surface area contributed by atoms with Crippen LogP contribution in [0.25, 0.3) is 0 Å². The molecule has 1 fully saturated rings. The lowest BCUT2D eigenvalue weighted by atomic mass is 10.2. The predicted molar refractivity (Wildman–Crippen MR) is 76.1 cm³/mol. The van der Waals surface area contributed by atoms with Crippen LogP contribution >= 0.6 is 15.9 Å². The minimum atomic E-state index is 0.693. The van der Waals surface area contributed by atoms with Crippen LogP contribution in [0, 0.1) is 0 Å². The number of hydrogen-bond donors (Lipinski definition) is 1. The molecule has 3 rings (SSSR count). The van der Waals surface area contributed by atoms with E-state index in [9.17, 15) is 0 Å². The molecule has 4 nitrogen and oxygen atoms in total. The van der Waals surface area contributed by atoms with E-state index in [2.05, 4.69) is 31.2 Å². The molecule has 5 heteroatoms. The highest BCUT2D eigenvalue weighted by Gasteiger charge is 2.19. The summed E-state index contributed by atoms with van der Waals surface area (Å²) < 4.78 is 6.63. The summed E-state index contributed by atoms with van der Waals surface area (Å²) in [7, 11) is 0. The number of pyridine rings is 2. The number of nitrogens with one attached hydrogen (secondary N) is 1. The van der Waals surface area contributed by atoms with Crippen molar-refractivity contribution in [2.75, 3.05) is 0 Å². The van der Waals surface area contributed by atoms with Gasteiger partial charge in [0.1, 0.15) is 11.5 Å². The van der Waals surface area contributed by atoms with Gasteiger partial charge in [-0.3, -0.25) is 9.97 Å². The van der Waals surface area contributed by atoms with Gasteiger partial charge in [-0.15, -0.1) is 0 Å². The van der Waals surface area contributed by atoms with Crippen LogP contribution in [0.1, 0.15) is 18.4 Å². The Labute approximate surface area is 120 Å². The summed E-state index contributed by atoms with van der Waals surface area (Å²) in [5, 5.41) is 3.46. The summed E-state index contributed by atoms with van der Waals surface area (Å²) >= 11 is 3.37. The standard InChI is InChI=1S/C14H14BrN3O/c15-11-4-14(9-17-7-11)19-13-3-10(5-16-8-13)6-18-12-1-2-12/h3-5,7-9,12,18H,1-2,6H2. The van der Waals surface area contributed by atoms with E-state index in [-0.39, 0.29) is 0 Å². The Bertz CT molecular complexity index is 572. The minimum Gasteiger partial charge on any atom is -0.454 e. The maximum atomic E-state index is 5.74. The van der Waals surface area contributed by atoms with Gasteiger partial charge in [-0.1, -0.05) is 0 Å². The Kier molecular flexibility index (Phi) is 3.75. The first-order chi connectivity index (χ1) is 9.29. The first kappa shape index (κ1) is 12.6. The molecular weight excluding hydrogens is 306 g/mol. The normalized spacial score (nSPS) is 14.4. The van der Waals surface area contributed by atoms with Crippen LogP contribution < -0.4 is 10.1 Å². The first-order valence-corrected chi connectivity index (χ1v) is 7.04. The lowest BCUT2D eigenvalue weighted by Gasteiger charge is -2.07. The molecule has 0 amide bonds. The van der Waals surface area contributed by atoms with Crippen molar-refractivity contribution >= 4 is 15.9 Å². The van der Waals surface area contributed by atoms with Gasteiger partial charge < -0.3 is 10.1 Å². The van der Waals surface area contributed by atoms with Crippen molar-refractivity contribution in [1.29, 1.82) is 0 Å². The van der Waals surface area contributed by atoms with E-state index >= 15 is 0 Å². The highest BCUT2D eigenvalue weighted by atomic mass is 79.9.